The van der Waals surface area contributed by atoms with Crippen molar-refractivity contribution in [2.24, 2.45) is 17.8 Å². The van der Waals surface area contributed by atoms with Crippen molar-refractivity contribution in [1.82, 2.24) is 9.80 Å². The van der Waals surface area contributed by atoms with E-state index in [1.807, 2.05) is 53.7 Å². The first-order valence-corrected chi connectivity index (χ1v) is 19.0. The fraction of sp³-hybridized carbons (Fsp3) is 0.974. The average Bonchev–Trinajstić information content (AvgIpc) is 3.04. The molecular weight excluding hydrogens is 660 g/mol. The Bertz CT molecular complexity index is 1110. The summed E-state index contributed by atoms with van der Waals surface area (Å²) in [6, 6.07) is -0.294. The molecule has 17 atom stereocenters. The van der Waals surface area contributed by atoms with Gasteiger partial charge in [0.15, 0.2) is 12.6 Å². The summed E-state index contributed by atoms with van der Waals surface area (Å²) in [5, 5.41) is 46.6. The van der Waals surface area contributed by atoms with E-state index in [4.69, 9.17) is 28.4 Å². The molecule has 300 valence electrons. The molecule has 0 radical (unpaired) electrons. The fourth-order valence-electron chi connectivity index (χ4n) is 8.68. The van der Waals surface area contributed by atoms with E-state index in [-0.39, 0.29) is 30.9 Å². The zero-order chi connectivity index (χ0) is 38.8. The van der Waals surface area contributed by atoms with Crippen LogP contribution in [-0.4, -0.2) is 155 Å². The topological polar surface area (TPSA) is 160 Å². The van der Waals surface area contributed by atoms with E-state index >= 15 is 0 Å². The molecular formula is C38H72N2O11. The molecule has 3 rings (SSSR count). The molecule has 0 bridgehead atoms. The summed E-state index contributed by atoms with van der Waals surface area (Å²) < 4.78 is 37.9. The number of cyclic esters (lactones) is 1. The smallest absolute Gasteiger partial charge is 0.311 e. The maximum atomic E-state index is 14.2. The molecule has 0 amide bonds. The highest BCUT2D eigenvalue weighted by atomic mass is 16.7. The Labute approximate surface area is 307 Å². The molecule has 0 aromatic rings. The highest BCUT2D eigenvalue weighted by Crippen LogP contribution is 2.40. The lowest BCUT2D eigenvalue weighted by atomic mass is 9.77. The number of nitrogens with zero attached hydrogens (tertiary/aromatic N) is 2. The lowest BCUT2D eigenvalue weighted by Crippen LogP contribution is -2.59. The Kier molecular flexibility index (Phi) is 15.4. The maximum Gasteiger partial charge on any atom is 0.311 e. The summed E-state index contributed by atoms with van der Waals surface area (Å²) in [6.45, 7) is 18.6. The summed E-state index contributed by atoms with van der Waals surface area (Å²) in [5.74, 6) is -2.27. The van der Waals surface area contributed by atoms with Crippen molar-refractivity contribution in [2.75, 3.05) is 34.8 Å². The Hall–Kier alpha value is -0.970. The van der Waals surface area contributed by atoms with Gasteiger partial charge < -0.3 is 58.6 Å². The van der Waals surface area contributed by atoms with Gasteiger partial charge in [0, 0.05) is 44.5 Å². The predicted octanol–water partition coefficient (Wildman–Crippen LogP) is 2.93. The van der Waals surface area contributed by atoms with Crippen LogP contribution in [0.5, 0.6) is 0 Å². The number of ether oxygens (including phenoxy) is 6. The van der Waals surface area contributed by atoms with Crippen molar-refractivity contribution in [3.8, 4) is 0 Å². The monoisotopic (exact) mass is 733 g/mol. The van der Waals surface area contributed by atoms with Crippen LogP contribution in [0.4, 0.5) is 0 Å². The minimum atomic E-state index is -1.77. The van der Waals surface area contributed by atoms with Crippen LogP contribution in [-0.2, 0) is 33.2 Å². The van der Waals surface area contributed by atoms with E-state index in [2.05, 4.69) is 4.90 Å². The summed E-state index contributed by atoms with van der Waals surface area (Å²) in [6.07, 6.45) is -5.02. The van der Waals surface area contributed by atoms with Gasteiger partial charge in [0.25, 0.3) is 0 Å². The van der Waals surface area contributed by atoms with Gasteiger partial charge in [-0.15, -0.1) is 0 Å². The molecule has 7 unspecified atom stereocenters. The fourth-order valence-corrected chi connectivity index (χ4v) is 8.68. The number of aliphatic hydroxyl groups excluding tert-OH is 2. The SMILES string of the molecule is CC[C@H]1OC(=O)[C@H](C)[C@@H](OC2CC(C)(OC)C(O)C(C)O2)[C@H](C)[C@@H](OC2CC(N(C)C)CC(C)O2)[C@@](C)(O)C[C@@H](C)CN(C)[C@H](C)[C@@H](O)[C@]1(C)O. The Morgan fingerprint density at radius 1 is 0.922 bits per heavy atom. The van der Waals surface area contributed by atoms with Gasteiger partial charge in [-0.2, -0.15) is 0 Å². The van der Waals surface area contributed by atoms with Crippen molar-refractivity contribution in [2.45, 2.75) is 186 Å². The quantitative estimate of drug-likeness (QED) is 0.284. The maximum absolute atomic E-state index is 14.2. The molecule has 3 saturated heterocycles. The molecule has 3 heterocycles. The van der Waals surface area contributed by atoms with Crippen LogP contribution < -0.4 is 0 Å². The number of likely N-dealkylation sites (N-methyl/N-ethyl adjacent to an activating group) is 1. The van der Waals surface area contributed by atoms with E-state index in [1.54, 1.807) is 34.6 Å². The molecule has 3 aliphatic heterocycles. The molecule has 4 N–H and O–H groups in total. The van der Waals surface area contributed by atoms with Crippen molar-refractivity contribution >= 4 is 5.97 Å². The van der Waals surface area contributed by atoms with Crippen molar-refractivity contribution in [3.05, 3.63) is 0 Å². The van der Waals surface area contributed by atoms with E-state index in [1.165, 1.54) is 14.0 Å². The van der Waals surface area contributed by atoms with E-state index in [0.717, 1.165) is 6.42 Å². The van der Waals surface area contributed by atoms with Gasteiger partial charge in [-0.05, 0) is 94.8 Å². The molecule has 0 aromatic carbocycles. The first-order valence-electron chi connectivity index (χ1n) is 19.0. The number of hydrogen-bond acceptors (Lipinski definition) is 13. The van der Waals surface area contributed by atoms with Crippen LogP contribution in [0, 0.1) is 17.8 Å². The van der Waals surface area contributed by atoms with E-state index in [9.17, 15) is 25.2 Å². The van der Waals surface area contributed by atoms with Crippen LogP contribution in [0.3, 0.4) is 0 Å². The minimum Gasteiger partial charge on any atom is -0.459 e. The normalized spacial score (nSPS) is 48.9. The highest BCUT2D eigenvalue weighted by Gasteiger charge is 2.52. The summed E-state index contributed by atoms with van der Waals surface area (Å²) in [5.41, 5.74) is -4.18. The number of esters is 1. The third-order valence-corrected chi connectivity index (χ3v) is 12.1. The van der Waals surface area contributed by atoms with Crippen LogP contribution >= 0.6 is 0 Å². The second kappa shape index (κ2) is 17.7. The number of hydrogen-bond donors (Lipinski definition) is 4. The predicted molar refractivity (Wildman–Crippen MR) is 193 cm³/mol. The molecule has 0 aliphatic carbocycles. The largest absolute Gasteiger partial charge is 0.459 e. The van der Waals surface area contributed by atoms with Gasteiger partial charge in [0.1, 0.15) is 23.9 Å². The Morgan fingerprint density at radius 3 is 2.12 bits per heavy atom. The lowest BCUT2D eigenvalue weighted by Gasteiger charge is -2.48. The molecule has 0 aromatic heterocycles. The number of aliphatic hydroxyl groups is 4. The van der Waals surface area contributed by atoms with Gasteiger partial charge >= 0.3 is 5.97 Å². The zero-order valence-corrected chi connectivity index (χ0v) is 33.9. The van der Waals surface area contributed by atoms with Gasteiger partial charge in [-0.3, -0.25) is 4.79 Å². The number of methoxy groups -OCH3 is 1. The number of rotatable bonds is 7. The first-order chi connectivity index (χ1) is 23.5. The third-order valence-electron chi connectivity index (χ3n) is 12.1. The molecule has 0 saturated carbocycles. The van der Waals surface area contributed by atoms with Crippen LogP contribution in [0.2, 0.25) is 0 Å². The molecule has 3 aliphatic rings. The molecule has 51 heavy (non-hydrogen) atoms. The molecule has 13 heteroatoms. The first kappa shape index (κ1) is 44.4. The lowest BCUT2D eigenvalue weighted by molar-refractivity contribution is -0.308. The molecule has 3 fully saturated rings. The minimum absolute atomic E-state index is 0.0724. The van der Waals surface area contributed by atoms with Gasteiger partial charge in [0.05, 0.1) is 41.5 Å². The zero-order valence-electron chi connectivity index (χ0n) is 33.9. The number of carbonyl (C=O) groups is 1. The summed E-state index contributed by atoms with van der Waals surface area (Å²) >= 11 is 0. The van der Waals surface area contributed by atoms with E-state index in [0.29, 0.717) is 19.4 Å². The second-order valence-electron chi connectivity index (χ2n) is 17.1. The summed E-state index contributed by atoms with van der Waals surface area (Å²) in [7, 11) is 7.47. The van der Waals surface area contributed by atoms with Gasteiger partial charge in [-0.1, -0.05) is 20.8 Å². The number of carbonyl (C=O) groups excluding carboxylic acids is 1. The standard InChI is InChI=1S/C38H72N2O11/c1-15-28-38(10,45)32(41)25(6)40(13)20-21(2)18-36(8,44)34(51-29-17-27(39(11)12)16-22(3)47-29)23(4)31(24(5)35(43)49-28)50-30-19-37(9,46-14)33(42)26(7)48-30/h21-34,41-42,44-45H,15-20H2,1-14H3/t21-,22?,23+,24-,25-,26?,27?,28-,29?,30?,31+,32-,33?,34-,36+,37?,38-/m1/s1. The Morgan fingerprint density at radius 2 is 1.55 bits per heavy atom. The average molecular weight is 733 g/mol. The highest BCUT2D eigenvalue weighted by molar-refractivity contribution is 5.73. The van der Waals surface area contributed by atoms with E-state index < -0.39 is 89.9 Å². The van der Waals surface area contributed by atoms with Crippen LogP contribution in [0.15, 0.2) is 0 Å². The second-order valence-corrected chi connectivity index (χ2v) is 17.1. The van der Waals surface area contributed by atoms with Crippen LogP contribution in [0.1, 0.15) is 101 Å². The van der Waals surface area contributed by atoms with Gasteiger partial charge in [0.2, 0.25) is 0 Å². The third kappa shape index (κ3) is 10.4. The molecule has 13 nitrogen and oxygen atoms in total. The van der Waals surface area contributed by atoms with Crippen LogP contribution in [0.25, 0.3) is 0 Å². The Balaban J connectivity index is 2.15. The van der Waals surface area contributed by atoms with Gasteiger partial charge in [-0.25, -0.2) is 0 Å². The van der Waals surface area contributed by atoms with Crippen molar-refractivity contribution < 1.29 is 53.6 Å². The van der Waals surface area contributed by atoms with Crippen molar-refractivity contribution in [3.63, 3.8) is 0 Å². The summed E-state index contributed by atoms with van der Waals surface area (Å²) in [4.78, 5) is 18.3. The molecule has 0 spiro atoms. The van der Waals surface area contributed by atoms with Crippen molar-refractivity contribution in [1.29, 1.82) is 0 Å².